The van der Waals surface area contributed by atoms with Gasteiger partial charge in [-0.1, -0.05) is 53.5 Å². The summed E-state index contributed by atoms with van der Waals surface area (Å²) in [5.74, 6) is -0.195. The fourth-order valence-corrected chi connectivity index (χ4v) is 5.53. The zero-order valence-corrected chi connectivity index (χ0v) is 19.0. The number of nitrogens with one attached hydrogen (secondary N) is 1. The molecule has 1 aliphatic heterocycles. The molecule has 1 aliphatic rings. The number of rotatable bonds is 8. The van der Waals surface area contributed by atoms with Gasteiger partial charge in [-0.3, -0.25) is 4.79 Å². The van der Waals surface area contributed by atoms with Crippen LogP contribution in [0.5, 0.6) is 0 Å². The van der Waals surface area contributed by atoms with Gasteiger partial charge in [-0.15, -0.1) is 0 Å². The summed E-state index contributed by atoms with van der Waals surface area (Å²) in [6.07, 6.45) is 2.69. The average Bonchev–Trinajstić information content (AvgIpc) is 2.74. The first-order valence-electron chi connectivity index (χ1n) is 10.1. The molecule has 2 aromatic carbocycles. The molecule has 2 aromatic rings. The lowest BCUT2D eigenvalue weighted by Gasteiger charge is -2.30. The van der Waals surface area contributed by atoms with Gasteiger partial charge in [-0.2, -0.15) is 0 Å². The number of halogens is 2. The summed E-state index contributed by atoms with van der Waals surface area (Å²) in [7, 11) is -3.41. The molecule has 0 aromatic heterocycles. The van der Waals surface area contributed by atoms with Gasteiger partial charge in [0.05, 0.1) is 5.75 Å². The summed E-state index contributed by atoms with van der Waals surface area (Å²) >= 11 is 12.0. The predicted molar refractivity (Wildman–Crippen MR) is 121 cm³/mol. The van der Waals surface area contributed by atoms with Gasteiger partial charge in [0.2, 0.25) is 15.9 Å². The summed E-state index contributed by atoms with van der Waals surface area (Å²) in [5, 5.41) is 4.30. The van der Waals surface area contributed by atoms with Crippen LogP contribution in [0.15, 0.2) is 48.5 Å². The fourth-order valence-electron chi connectivity index (χ4n) is 3.61. The molecule has 30 heavy (non-hydrogen) atoms. The molecule has 162 valence electrons. The molecular formula is C22H26Cl2N2O3S. The molecule has 0 saturated carbocycles. The molecule has 0 atom stereocenters. The van der Waals surface area contributed by atoms with Gasteiger partial charge in [0.15, 0.2) is 0 Å². The van der Waals surface area contributed by atoms with Crippen molar-refractivity contribution in [1.82, 2.24) is 9.62 Å². The maximum atomic E-state index is 12.7. The Hall–Kier alpha value is -1.60. The Labute approximate surface area is 188 Å². The second kappa shape index (κ2) is 10.6. The van der Waals surface area contributed by atoms with Crippen molar-refractivity contribution >= 4 is 39.1 Å². The molecular weight excluding hydrogens is 443 g/mol. The van der Waals surface area contributed by atoms with Crippen molar-refractivity contribution in [1.29, 1.82) is 0 Å². The van der Waals surface area contributed by atoms with E-state index < -0.39 is 10.0 Å². The first kappa shape index (κ1) is 23.1. The zero-order valence-electron chi connectivity index (χ0n) is 16.7. The van der Waals surface area contributed by atoms with Crippen molar-refractivity contribution in [3.8, 4) is 0 Å². The van der Waals surface area contributed by atoms with E-state index in [1.165, 1.54) is 4.31 Å². The fraction of sp³-hybridized carbons (Fsp3) is 0.409. The molecule has 1 saturated heterocycles. The Kier molecular flexibility index (Phi) is 8.17. The number of amides is 1. The number of piperidine rings is 1. The summed E-state index contributed by atoms with van der Waals surface area (Å²) < 4.78 is 26.8. The molecule has 0 spiro atoms. The highest BCUT2D eigenvalue weighted by Crippen LogP contribution is 2.22. The summed E-state index contributed by atoms with van der Waals surface area (Å²) in [4.78, 5) is 12.4. The van der Waals surface area contributed by atoms with Crippen LogP contribution in [0.4, 0.5) is 0 Å². The van der Waals surface area contributed by atoms with Crippen LogP contribution in [-0.4, -0.2) is 38.3 Å². The molecule has 0 aliphatic carbocycles. The van der Waals surface area contributed by atoms with Crippen LogP contribution >= 0.6 is 23.2 Å². The van der Waals surface area contributed by atoms with Crippen LogP contribution in [0.1, 0.15) is 30.4 Å². The molecule has 1 amide bonds. The third kappa shape index (κ3) is 6.45. The number of benzene rings is 2. The van der Waals surface area contributed by atoms with Crippen LogP contribution in [-0.2, 0) is 27.0 Å². The number of sulfonamides is 1. The lowest BCUT2D eigenvalue weighted by Crippen LogP contribution is -2.43. The van der Waals surface area contributed by atoms with Gasteiger partial charge in [0.25, 0.3) is 0 Å². The highest BCUT2D eigenvalue weighted by atomic mass is 35.5. The van der Waals surface area contributed by atoms with Gasteiger partial charge in [-0.25, -0.2) is 12.7 Å². The van der Waals surface area contributed by atoms with Gasteiger partial charge < -0.3 is 5.32 Å². The first-order valence-corrected chi connectivity index (χ1v) is 12.4. The van der Waals surface area contributed by atoms with Crippen molar-refractivity contribution < 1.29 is 13.2 Å². The number of hydrogen-bond donors (Lipinski definition) is 1. The van der Waals surface area contributed by atoms with E-state index in [9.17, 15) is 13.2 Å². The predicted octanol–water partition coefficient (Wildman–Crippen LogP) is 4.28. The summed E-state index contributed by atoms with van der Waals surface area (Å²) in [6.45, 7) is 1.32. The molecule has 0 unspecified atom stereocenters. The zero-order chi connectivity index (χ0) is 21.6. The lowest BCUT2D eigenvalue weighted by atomic mass is 9.97. The van der Waals surface area contributed by atoms with Crippen LogP contribution in [0, 0.1) is 5.92 Å². The van der Waals surface area contributed by atoms with Crippen LogP contribution < -0.4 is 5.32 Å². The number of nitrogens with zero attached hydrogens (tertiary/aromatic N) is 1. The van der Waals surface area contributed by atoms with Crippen molar-refractivity contribution in [2.24, 2.45) is 5.92 Å². The largest absolute Gasteiger partial charge is 0.356 e. The van der Waals surface area contributed by atoms with Gasteiger partial charge in [0.1, 0.15) is 0 Å². The SMILES string of the molecule is O=C(NCCCc1ccccc1Cl)C1CCN(S(=O)(=O)Cc2ccc(Cl)cc2)CC1. The monoisotopic (exact) mass is 468 g/mol. The van der Waals surface area contributed by atoms with Gasteiger partial charge in [0, 0.05) is 35.6 Å². The van der Waals surface area contributed by atoms with E-state index in [2.05, 4.69) is 5.32 Å². The molecule has 0 bridgehead atoms. The number of carbonyl (C=O) groups is 1. The van der Waals surface area contributed by atoms with Crippen molar-refractivity contribution in [2.75, 3.05) is 19.6 Å². The number of hydrogen-bond acceptors (Lipinski definition) is 3. The van der Waals surface area contributed by atoms with Gasteiger partial charge >= 0.3 is 0 Å². The van der Waals surface area contributed by atoms with E-state index in [1.807, 2.05) is 24.3 Å². The highest BCUT2D eigenvalue weighted by molar-refractivity contribution is 7.88. The van der Waals surface area contributed by atoms with Crippen molar-refractivity contribution in [2.45, 2.75) is 31.4 Å². The Morgan fingerprint density at radius 1 is 1.03 bits per heavy atom. The smallest absolute Gasteiger partial charge is 0.223 e. The van der Waals surface area contributed by atoms with E-state index in [1.54, 1.807) is 24.3 Å². The quantitative estimate of drug-likeness (QED) is 0.587. The standard InChI is InChI=1S/C22H26Cl2N2O3S/c23-20-9-7-17(8-10-20)16-30(28,29)26-14-11-19(12-15-26)22(27)25-13-3-5-18-4-1-2-6-21(18)24/h1-2,4,6-10,19H,3,5,11-16H2,(H,25,27). The van der Waals surface area contributed by atoms with Crippen molar-refractivity contribution in [3.63, 3.8) is 0 Å². The maximum Gasteiger partial charge on any atom is 0.223 e. The normalized spacial score (nSPS) is 15.8. The molecule has 3 rings (SSSR count). The molecule has 0 radical (unpaired) electrons. The minimum absolute atomic E-state index is 0.00362. The average molecular weight is 469 g/mol. The van der Waals surface area contributed by atoms with E-state index in [0.717, 1.165) is 23.4 Å². The topological polar surface area (TPSA) is 66.5 Å². The number of carbonyl (C=O) groups excluding carboxylic acids is 1. The first-order chi connectivity index (χ1) is 14.3. The summed E-state index contributed by atoms with van der Waals surface area (Å²) in [6, 6.07) is 14.5. The molecule has 1 heterocycles. The van der Waals surface area contributed by atoms with Crippen LogP contribution in [0.2, 0.25) is 10.0 Å². The third-order valence-corrected chi connectivity index (χ3v) is 7.83. The molecule has 5 nitrogen and oxygen atoms in total. The maximum absolute atomic E-state index is 12.7. The van der Waals surface area contributed by atoms with E-state index in [-0.39, 0.29) is 17.6 Å². The van der Waals surface area contributed by atoms with E-state index in [4.69, 9.17) is 23.2 Å². The Morgan fingerprint density at radius 2 is 1.70 bits per heavy atom. The molecule has 1 N–H and O–H groups in total. The number of aryl methyl sites for hydroxylation is 1. The van der Waals surface area contributed by atoms with Crippen LogP contribution in [0.3, 0.4) is 0 Å². The Morgan fingerprint density at radius 3 is 2.37 bits per heavy atom. The minimum Gasteiger partial charge on any atom is -0.356 e. The van der Waals surface area contributed by atoms with E-state index >= 15 is 0 Å². The van der Waals surface area contributed by atoms with E-state index in [0.29, 0.717) is 43.1 Å². The second-order valence-electron chi connectivity index (χ2n) is 7.54. The summed E-state index contributed by atoms with van der Waals surface area (Å²) in [5.41, 5.74) is 1.78. The minimum atomic E-state index is -3.41. The third-order valence-electron chi connectivity index (χ3n) is 5.36. The Bertz CT molecular complexity index is 957. The van der Waals surface area contributed by atoms with Crippen LogP contribution in [0.25, 0.3) is 0 Å². The van der Waals surface area contributed by atoms with Crippen molar-refractivity contribution in [3.05, 3.63) is 69.7 Å². The molecule has 8 heteroatoms. The highest BCUT2D eigenvalue weighted by Gasteiger charge is 2.31. The molecule has 1 fully saturated rings. The second-order valence-corrected chi connectivity index (χ2v) is 10.4. The lowest BCUT2D eigenvalue weighted by molar-refractivity contribution is -0.126. The van der Waals surface area contributed by atoms with Gasteiger partial charge in [-0.05, 0) is 55.0 Å². The Balaban J connectivity index is 1.41.